The fraction of sp³-hybridized carbons (Fsp3) is 0.444. The number of carboxylic acid groups (broad SMARTS) is 1. The van der Waals surface area contributed by atoms with Gasteiger partial charge in [0.25, 0.3) is 0 Å². The quantitative estimate of drug-likeness (QED) is 0.379. The topological polar surface area (TPSA) is 37.3 Å². The van der Waals surface area contributed by atoms with E-state index in [4.69, 9.17) is 11.5 Å². The molecule has 0 spiro atoms. The Hall–Kier alpha value is -1.23. The summed E-state index contributed by atoms with van der Waals surface area (Å²) in [7, 11) is 0. The lowest BCUT2D eigenvalue weighted by Gasteiger charge is -1.95. The highest BCUT2D eigenvalue weighted by molar-refractivity contribution is 5.80. The number of hydrogen-bond donors (Lipinski definition) is 1. The van der Waals surface area contributed by atoms with E-state index in [0.29, 0.717) is 6.42 Å². The second kappa shape index (κ2) is 5.55. The van der Waals surface area contributed by atoms with Crippen molar-refractivity contribution in [3.05, 3.63) is 11.6 Å². The molecule has 0 saturated carbocycles. The van der Waals surface area contributed by atoms with Gasteiger partial charge in [-0.15, -0.1) is 12.3 Å². The molecule has 0 fully saturated rings. The van der Waals surface area contributed by atoms with E-state index in [0.717, 1.165) is 18.4 Å². The summed E-state index contributed by atoms with van der Waals surface area (Å²) in [5, 5.41) is 8.32. The molecule has 0 radical (unpaired) electrons. The van der Waals surface area contributed by atoms with Crippen LogP contribution in [0.2, 0.25) is 0 Å². The molecule has 0 rings (SSSR count). The number of carbonyl (C=O) groups is 1. The molecule has 60 valence electrons. The average Bonchev–Trinajstić information content (AvgIpc) is 1.86. The van der Waals surface area contributed by atoms with Gasteiger partial charge in [0.05, 0.1) is 0 Å². The van der Waals surface area contributed by atoms with Gasteiger partial charge in [0.15, 0.2) is 0 Å². The van der Waals surface area contributed by atoms with Gasteiger partial charge in [0.1, 0.15) is 0 Å². The van der Waals surface area contributed by atoms with Gasteiger partial charge in [-0.05, 0) is 19.8 Å². The minimum atomic E-state index is -0.886. The van der Waals surface area contributed by atoms with Crippen molar-refractivity contribution < 1.29 is 9.90 Å². The Labute approximate surface area is 66.9 Å². The van der Waals surface area contributed by atoms with Gasteiger partial charge < -0.3 is 5.11 Å². The maximum absolute atomic E-state index is 10.1. The number of rotatable bonds is 4. The Kier molecular flexibility index (Phi) is 4.93. The molecule has 0 amide bonds. The molecule has 0 aliphatic carbocycles. The maximum Gasteiger partial charge on any atom is 0.328 e. The average molecular weight is 152 g/mol. The van der Waals surface area contributed by atoms with Crippen LogP contribution >= 0.6 is 0 Å². The van der Waals surface area contributed by atoms with Gasteiger partial charge >= 0.3 is 5.97 Å². The van der Waals surface area contributed by atoms with E-state index in [1.54, 1.807) is 6.92 Å². The zero-order valence-electron chi connectivity index (χ0n) is 6.63. The summed E-state index contributed by atoms with van der Waals surface area (Å²) in [5.41, 5.74) is 0.868. The molecule has 0 aromatic carbocycles. The van der Waals surface area contributed by atoms with E-state index in [2.05, 4.69) is 5.92 Å². The second-order valence-electron chi connectivity index (χ2n) is 2.39. The summed E-state index contributed by atoms with van der Waals surface area (Å²) in [6.45, 7) is 1.80. The van der Waals surface area contributed by atoms with E-state index in [1.807, 2.05) is 0 Å². The van der Waals surface area contributed by atoms with Crippen LogP contribution in [0.4, 0.5) is 0 Å². The van der Waals surface area contributed by atoms with E-state index in [1.165, 1.54) is 6.08 Å². The van der Waals surface area contributed by atoms with Crippen molar-refractivity contribution in [2.75, 3.05) is 0 Å². The number of carboxylic acids is 1. The van der Waals surface area contributed by atoms with Gasteiger partial charge in [0.2, 0.25) is 0 Å². The molecule has 0 bridgehead atoms. The third-order valence-corrected chi connectivity index (χ3v) is 1.26. The predicted octanol–water partition coefficient (Wildman–Crippen LogP) is 1.82. The fourth-order valence-corrected chi connectivity index (χ4v) is 0.752. The molecular weight excluding hydrogens is 140 g/mol. The first-order valence-corrected chi connectivity index (χ1v) is 3.50. The Balaban J connectivity index is 3.61. The summed E-state index contributed by atoms with van der Waals surface area (Å²) < 4.78 is 0. The lowest BCUT2D eigenvalue weighted by atomic mass is 10.1. The van der Waals surface area contributed by atoms with Crippen molar-refractivity contribution in [1.82, 2.24) is 0 Å². The van der Waals surface area contributed by atoms with Crippen molar-refractivity contribution in [3.63, 3.8) is 0 Å². The van der Waals surface area contributed by atoms with E-state index in [9.17, 15) is 4.79 Å². The van der Waals surface area contributed by atoms with Crippen LogP contribution in [0.1, 0.15) is 26.2 Å². The molecule has 0 saturated heterocycles. The molecule has 0 aliphatic rings. The van der Waals surface area contributed by atoms with Crippen LogP contribution in [0.3, 0.4) is 0 Å². The predicted molar refractivity (Wildman–Crippen MR) is 44.1 cm³/mol. The molecule has 0 aromatic rings. The van der Waals surface area contributed by atoms with Crippen molar-refractivity contribution in [2.45, 2.75) is 26.2 Å². The van der Waals surface area contributed by atoms with Gasteiger partial charge in [-0.3, -0.25) is 0 Å². The first-order chi connectivity index (χ1) is 5.16. The van der Waals surface area contributed by atoms with E-state index < -0.39 is 5.97 Å². The molecule has 2 heteroatoms. The van der Waals surface area contributed by atoms with Gasteiger partial charge in [-0.25, -0.2) is 4.79 Å². The Bertz CT molecular complexity index is 196. The summed E-state index contributed by atoms with van der Waals surface area (Å²) in [5.74, 6) is 1.62. The maximum atomic E-state index is 10.1. The third kappa shape index (κ3) is 6.66. The minimum absolute atomic E-state index is 0.713. The van der Waals surface area contributed by atoms with Crippen molar-refractivity contribution in [2.24, 2.45) is 0 Å². The lowest BCUT2D eigenvalue weighted by molar-refractivity contribution is -0.131. The fourth-order valence-electron chi connectivity index (χ4n) is 0.752. The van der Waals surface area contributed by atoms with Gasteiger partial charge in [-0.1, -0.05) is 5.57 Å². The van der Waals surface area contributed by atoms with Gasteiger partial charge in [0, 0.05) is 12.5 Å². The van der Waals surface area contributed by atoms with Crippen LogP contribution in [-0.4, -0.2) is 11.1 Å². The zero-order chi connectivity index (χ0) is 8.69. The molecule has 0 unspecified atom stereocenters. The van der Waals surface area contributed by atoms with Crippen LogP contribution in [-0.2, 0) is 4.79 Å². The Morgan fingerprint density at radius 3 is 2.82 bits per heavy atom. The number of aliphatic carboxylic acids is 1. The summed E-state index contributed by atoms with van der Waals surface area (Å²) in [6, 6.07) is 0. The first-order valence-electron chi connectivity index (χ1n) is 3.50. The molecule has 2 nitrogen and oxygen atoms in total. The van der Waals surface area contributed by atoms with E-state index >= 15 is 0 Å². The number of unbranched alkanes of at least 4 members (excludes halogenated alkanes) is 1. The highest BCUT2D eigenvalue weighted by Gasteiger charge is 1.93. The first kappa shape index (κ1) is 9.77. The van der Waals surface area contributed by atoms with Gasteiger partial charge in [-0.2, -0.15) is 0 Å². The van der Waals surface area contributed by atoms with Crippen LogP contribution < -0.4 is 0 Å². The van der Waals surface area contributed by atoms with Crippen LogP contribution in [0.5, 0.6) is 0 Å². The molecule has 0 heterocycles. The molecule has 1 N–H and O–H groups in total. The van der Waals surface area contributed by atoms with Crippen molar-refractivity contribution in [1.29, 1.82) is 0 Å². The van der Waals surface area contributed by atoms with Crippen LogP contribution in [0.15, 0.2) is 11.6 Å². The lowest BCUT2D eigenvalue weighted by Crippen LogP contribution is -1.89. The standard InChI is InChI=1S/C9H12O2/c1-3-4-5-6-8(2)7-9(10)11/h1,7H,4-6H2,2H3,(H,10,11)/b8-7-. The number of allylic oxidation sites excluding steroid dienone is 1. The smallest absolute Gasteiger partial charge is 0.328 e. The molecule has 11 heavy (non-hydrogen) atoms. The second-order valence-corrected chi connectivity index (χ2v) is 2.39. The highest BCUT2D eigenvalue weighted by Crippen LogP contribution is 2.04. The van der Waals surface area contributed by atoms with Crippen molar-refractivity contribution in [3.8, 4) is 12.3 Å². The van der Waals surface area contributed by atoms with Crippen LogP contribution in [0, 0.1) is 12.3 Å². The number of hydrogen-bond acceptors (Lipinski definition) is 1. The molecule has 0 atom stereocenters. The Morgan fingerprint density at radius 2 is 2.36 bits per heavy atom. The zero-order valence-corrected chi connectivity index (χ0v) is 6.63. The monoisotopic (exact) mass is 152 g/mol. The summed E-state index contributed by atoms with van der Waals surface area (Å²) >= 11 is 0. The highest BCUT2D eigenvalue weighted by atomic mass is 16.4. The minimum Gasteiger partial charge on any atom is -0.478 e. The SMILES string of the molecule is C#CCCC/C(C)=C\C(=O)O. The summed E-state index contributed by atoms with van der Waals surface area (Å²) in [4.78, 5) is 10.1. The Morgan fingerprint density at radius 1 is 1.73 bits per heavy atom. The van der Waals surface area contributed by atoms with Crippen LogP contribution in [0.25, 0.3) is 0 Å². The largest absolute Gasteiger partial charge is 0.478 e. The molecule has 0 aromatic heterocycles. The summed E-state index contributed by atoms with van der Waals surface area (Å²) in [6.07, 6.45) is 8.60. The molecule has 0 aliphatic heterocycles. The third-order valence-electron chi connectivity index (χ3n) is 1.26. The molecular formula is C9H12O2. The van der Waals surface area contributed by atoms with Crippen molar-refractivity contribution >= 4 is 5.97 Å². The van der Waals surface area contributed by atoms with E-state index in [-0.39, 0.29) is 0 Å². The number of terminal acetylenes is 1. The normalized spacial score (nSPS) is 10.7.